The average molecular weight is 264 g/mol. The molecule has 2 bridgehead atoms. The molecule has 2 saturated heterocycles. The van der Waals surface area contributed by atoms with Crippen LogP contribution in [-0.4, -0.2) is 47.9 Å². The fraction of sp³-hybridized carbons (Fsp3) is 0.800. The van der Waals surface area contributed by atoms with Crippen LogP contribution in [0.4, 0.5) is 0 Å². The molecule has 0 radical (unpaired) electrons. The summed E-state index contributed by atoms with van der Waals surface area (Å²) in [6.07, 6.45) is 0.970. The molecule has 2 rings (SSSR count). The molecular formula is C10H17O6P. The highest BCUT2D eigenvalue weighted by Gasteiger charge is 2.55. The van der Waals surface area contributed by atoms with Crippen molar-refractivity contribution in [3.8, 4) is 0 Å². The van der Waals surface area contributed by atoms with Gasteiger partial charge in [-0.25, -0.2) is 0 Å². The van der Waals surface area contributed by atoms with E-state index in [0.29, 0.717) is 6.61 Å². The molecule has 0 aromatic rings. The topological polar surface area (TPSA) is 85.2 Å². The van der Waals surface area contributed by atoms with E-state index in [0.717, 1.165) is 5.82 Å². The van der Waals surface area contributed by atoms with Gasteiger partial charge in [-0.1, -0.05) is 6.92 Å². The molecule has 0 spiro atoms. The van der Waals surface area contributed by atoms with Crippen molar-refractivity contribution in [2.24, 2.45) is 5.92 Å². The lowest BCUT2D eigenvalue weighted by molar-refractivity contribution is -0.139. The Morgan fingerprint density at radius 3 is 2.82 bits per heavy atom. The van der Waals surface area contributed by atoms with Crippen LogP contribution in [0, 0.1) is 5.92 Å². The Bertz CT molecular complexity index is 364. The van der Waals surface area contributed by atoms with Crippen LogP contribution in [0.15, 0.2) is 11.9 Å². The number of ether oxygens (including phenoxy) is 3. The van der Waals surface area contributed by atoms with Crippen LogP contribution in [0.5, 0.6) is 0 Å². The van der Waals surface area contributed by atoms with Crippen LogP contribution in [0.25, 0.3) is 0 Å². The van der Waals surface area contributed by atoms with Gasteiger partial charge in [-0.15, -0.1) is 0 Å². The Hall–Kier alpha value is -0.230. The van der Waals surface area contributed by atoms with E-state index in [1.165, 1.54) is 6.08 Å². The summed E-state index contributed by atoms with van der Waals surface area (Å²) in [5.74, 6) is 1.07. The second kappa shape index (κ2) is 4.46. The van der Waals surface area contributed by atoms with Crippen LogP contribution in [-0.2, 0) is 18.8 Å². The average Bonchev–Trinajstić information content (AvgIpc) is 2.53. The third kappa shape index (κ3) is 2.47. The molecule has 2 aliphatic rings. The number of methoxy groups -OCH3 is 1. The summed E-state index contributed by atoms with van der Waals surface area (Å²) in [6, 6.07) is 0. The van der Waals surface area contributed by atoms with Gasteiger partial charge in [-0.3, -0.25) is 4.57 Å². The van der Waals surface area contributed by atoms with Gasteiger partial charge < -0.3 is 24.0 Å². The van der Waals surface area contributed by atoms with E-state index in [9.17, 15) is 4.57 Å². The minimum atomic E-state index is -4.19. The van der Waals surface area contributed by atoms with Crippen LogP contribution < -0.4 is 0 Å². The smallest absolute Gasteiger partial charge is 0.348 e. The van der Waals surface area contributed by atoms with Crippen LogP contribution >= 0.6 is 7.60 Å². The van der Waals surface area contributed by atoms with E-state index in [1.54, 1.807) is 7.11 Å². The van der Waals surface area contributed by atoms with E-state index < -0.39 is 13.2 Å². The predicted octanol–water partition coefficient (Wildman–Crippen LogP) is 0.497. The lowest BCUT2D eigenvalue weighted by Gasteiger charge is -2.38. The maximum Gasteiger partial charge on any atom is 0.348 e. The van der Waals surface area contributed by atoms with E-state index in [1.807, 2.05) is 6.92 Å². The largest absolute Gasteiger partial charge is 0.375 e. The van der Waals surface area contributed by atoms with Gasteiger partial charge in [-0.2, -0.15) is 0 Å². The lowest BCUT2D eigenvalue weighted by atomic mass is 9.87. The molecule has 2 aliphatic heterocycles. The molecule has 0 saturated carbocycles. The Labute approximate surface area is 99.7 Å². The molecule has 2 heterocycles. The summed E-state index contributed by atoms with van der Waals surface area (Å²) in [7, 11) is -2.64. The summed E-state index contributed by atoms with van der Waals surface area (Å²) >= 11 is 0. The zero-order valence-electron chi connectivity index (χ0n) is 9.78. The first-order valence-electron chi connectivity index (χ1n) is 5.42. The summed E-state index contributed by atoms with van der Waals surface area (Å²) in [6.45, 7) is 2.76. The molecular weight excluding hydrogens is 247 g/mol. The van der Waals surface area contributed by atoms with Gasteiger partial charge in [0.1, 0.15) is 11.7 Å². The van der Waals surface area contributed by atoms with E-state index in [4.69, 9.17) is 24.0 Å². The summed E-state index contributed by atoms with van der Waals surface area (Å²) in [4.78, 5) is 17.7. The van der Waals surface area contributed by atoms with Crippen molar-refractivity contribution in [1.29, 1.82) is 0 Å². The Kier molecular flexibility index (Phi) is 3.47. The molecule has 7 heteroatoms. The highest BCUT2D eigenvalue weighted by atomic mass is 31.2. The van der Waals surface area contributed by atoms with Crippen molar-refractivity contribution < 1.29 is 28.6 Å². The predicted molar refractivity (Wildman–Crippen MR) is 59.6 cm³/mol. The standard InChI is InChI=1S/C10H17O6P/c1-7-5-16-10(3-4-17(11,12)13)6-15-8(7)9(10)14-2/h3-4,7-9H,5-6H2,1-2H3,(H2,11,12,13)/b4-3+. The second-order valence-electron chi connectivity index (χ2n) is 4.58. The molecule has 17 heavy (non-hydrogen) atoms. The van der Waals surface area contributed by atoms with Crippen LogP contribution in [0.3, 0.4) is 0 Å². The highest BCUT2D eigenvalue weighted by Crippen LogP contribution is 2.43. The van der Waals surface area contributed by atoms with Crippen molar-refractivity contribution in [2.75, 3.05) is 20.3 Å². The van der Waals surface area contributed by atoms with Gasteiger partial charge in [0, 0.05) is 18.8 Å². The van der Waals surface area contributed by atoms with Crippen molar-refractivity contribution in [3.63, 3.8) is 0 Å². The lowest BCUT2D eigenvalue weighted by Crippen LogP contribution is -2.52. The monoisotopic (exact) mass is 264 g/mol. The number of rotatable bonds is 3. The van der Waals surface area contributed by atoms with Crippen molar-refractivity contribution in [3.05, 3.63) is 11.9 Å². The Balaban J connectivity index is 2.25. The SMILES string of the molecule is COC1C2OCC1(/C=C/P(=O)(O)O)OCC2C. The quantitative estimate of drug-likeness (QED) is 0.722. The molecule has 0 aromatic heterocycles. The zero-order valence-corrected chi connectivity index (χ0v) is 10.7. The number of hydrogen-bond donors (Lipinski definition) is 2. The van der Waals surface area contributed by atoms with E-state index in [2.05, 4.69) is 0 Å². The molecule has 4 unspecified atom stereocenters. The molecule has 2 fully saturated rings. The zero-order chi connectivity index (χ0) is 12.7. The van der Waals surface area contributed by atoms with Gasteiger partial charge in [0.25, 0.3) is 0 Å². The van der Waals surface area contributed by atoms with Crippen molar-refractivity contribution >= 4 is 7.60 Å². The molecule has 2 N–H and O–H groups in total. The summed E-state index contributed by atoms with van der Waals surface area (Å²) in [5, 5.41) is 0. The molecule has 0 aliphatic carbocycles. The third-order valence-corrected chi connectivity index (χ3v) is 3.80. The molecule has 6 nitrogen and oxygen atoms in total. The van der Waals surface area contributed by atoms with Crippen molar-refractivity contribution in [1.82, 2.24) is 0 Å². The minimum Gasteiger partial charge on any atom is -0.375 e. The van der Waals surface area contributed by atoms with Gasteiger partial charge in [0.2, 0.25) is 0 Å². The number of hydrogen-bond acceptors (Lipinski definition) is 4. The van der Waals surface area contributed by atoms with Crippen LogP contribution in [0.2, 0.25) is 0 Å². The minimum absolute atomic E-state index is 0.0878. The molecule has 4 atom stereocenters. The number of fused-ring (bicyclic) bond motifs is 2. The Morgan fingerprint density at radius 1 is 1.53 bits per heavy atom. The maximum absolute atomic E-state index is 10.9. The second-order valence-corrected chi connectivity index (χ2v) is 6.06. The molecule has 0 amide bonds. The van der Waals surface area contributed by atoms with Gasteiger partial charge in [0.05, 0.1) is 19.3 Å². The first-order valence-corrected chi connectivity index (χ1v) is 7.10. The first-order chi connectivity index (χ1) is 7.88. The van der Waals surface area contributed by atoms with Gasteiger partial charge >= 0.3 is 7.60 Å². The maximum atomic E-state index is 10.9. The van der Waals surface area contributed by atoms with Gasteiger partial charge in [-0.05, 0) is 6.08 Å². The van der Waals surface area contributed by atoms with Crippen molar-refractivity contribution in [2.45, 2.75) is 24.7 Å². The molecule has 0 aromatic carbocycles. The fourth-order valence-electron chi connectivity index (χ4n) is 2.39. The van der Waals surface area contributed by atoms with Gasteiger partial charge in [0.15, 0.2) is 0 Å². The highest BCUT2D eigenvalue weighted by molar-refractivity contribution is 7.55. The summed E-state index contributed by atoms with van der Waals surface area (Å²) < 4.78 is 27.5. The van der Waals surface area contributed by atoms with E-state index >= 15 is 0 Å². The van der Waals surface area contributed by atoms with Crippen LogP contribution in [0.1, 0.15) is 6.92 Å². The summed E-state index contributed by atoms with van der Waals surface area (Å²) in [5.41, 5.74) is -0.868. The third-order valence-electron chi connectivity index (χ3n) is 3.26. The fourth-order valence-corrected chi connectivity index (χ4v) is 2.84. The Morgan fingerprint density at radius 2 is 2.24 bits per heavy atom. The first kappa shape index (κ1) is 13.2. The molecule has 98 valence electrons. The normalized spacial score (nSPS) is 42.2. The van der Waals surface area contributed by atoms with E-state index in [-0.39, 0.29) is 24.7 Å².